The molecule has 2 amide bonds. The first-order chi connectivity index (χ1) is 35.6. The molecule has 408 valence electrons. The van der Waals surface area contributed by atoms with Crippen LogP contribution in [0.3, 0.4) is 0 Å². The number of aldehydes is 1. The molecule has 0 bridgehead atoms. The van der Waals surface area contributed by atoms with Gasteiger partial charge in [-0.15, -0.1) is 0 Å². The molecule has 3 aromatic carbocycles. The SMILES string of the molecule is CC.CC.CCC.CCC.CN1CCCC1.CNCC=O.COC.COC.O=CNCC(=O)N1CCCC1.c1ncc(-c2ccc(-c3ccc(-c4ccc(-c5cnc[nH]5)cc4)c4c3CCC43CCCC3)cc2)[nH]1. The van der Waals surface area contributed by atoms with Gasteiger partial charge in [-0.1, -0.05) is 142 Å². The van der Waals surface area contributed by atoms with E-state index >= 15 is 0 Å². The highest BCUT2D eigenvalue weighted by Crippen LogP contribution is 2.55. The van der Waals surface area contributed by atoms with Crippen molar-refractivity contribution in [2.24, 2.45) is 0 Å². The van der Waals surface area contributed by atoms with E-state index in [2.05, 4.69) is 140 Å². The van der Waals surface area contributed by atoms with E-state index in [9.17, 15) is 14.4 Å². The molecule has 0 atom stereocenters. The minimum absolute atomic E-state index is 0.0228. The van der Waals surface area contributed by atoms with Gasteiger partial charge in [0.15, 0.2) is 0 Å². The van der Waals surface area contributed by atoms with Crippen LogP contribution in [0.2, 0.25) is 0 Å². The fourth-order valence-corrected chi connectivity index (χ4v) is 8.72. The van der Waals surface area contributed by atoms with Crippen molar-refractivity contribution in [1.82, 2.24) is 40.4 Å². The smallest absolute Gasteiger partial charge is 0.241 e. The highest BCUT2D eigenvalue weighted by Gasteiger charge is 2.43. The Morgan fingerprint density at radius 3 is 1.41 bits per heavy atom. The minimum atomic E-state index is 0.0228. The third-order valence-corrected chi connectivity index (χ3v) is 11.7. The van der Waals surface area contributed by atoms with Crippen molar-refractivity contribution in [3.05, 3.63) is 96.8 Å². The van der Waals surface area contributed by atoms with Crippen LogP contribution >= 0.6 is 0 Å². The van der Waals surface area contributed by atoms with Crippen LogP contribution in [0, 0.1) is 0 Å². The maximum absolute atomic E-state index is 11.1. The Labute approximate surface area is 442 Å². The lowest BCUT2D eigenvalue weighted by molar-refractivity contribution is -0.130. The summed E-state index contributed by atoms with van der Waals surface area (Å²) in [6, 6.07) is 22.7. The molecule has 0 unspecified atom stereocenters. The summed E-state index contributed by atoms with van der Waals surface area (Å²) in [7, 11) is 10.4. The number of ether oxygens (including phenoxy) is 2. The molecule has 2 saturated heterocycles. The van der Waals surface area contributed by atoms with E-state index in [1.54, 1.807) is 64.2 Å². The number of aromatic amines is 2. The van der Waals surface area contributed by atoms with Crippen molar-refractivity contribution in [2.45, 2.75) is 138 Å². The van der Waals surface area contributed by atoms with Gasteiger partial charge in [0.1, 0.15) is 6.29 Å². The van der Waals surface area contributed by atoms with Crippen molar-refractivity contribution in [3.63, 3.8) is 0 Å². The Morgan fingerprint density at radius 2 is 1.05 bits per heavy atom. The number of carbonyl (C=O) groups excluding carboxylic acids is 3. The number of carbonyl (C=O) groups is 3. The normalized spacial score (nSPS) is 14.0. The van der Waals surface area contributed by atoms with Gasteiger partial charge in [-0.3, -0.25) is 9.59 Å². The molecule has 73 heavy (non-hydrogen) atoms. The average Bonchev–Trinajstić information content (AvgIpc) is 4.29. The Balaban J connectivity index is 0.00000111. The Bertz CT molecular complexity index is 2050. The second kappa shape index (κ2) is 43.0. The Kier molecular flexibility index (Phi) is 39.8. The number of hydrogen-bond donors (Lipinski definition) is 4. The summed E-state index contributed by atoms with van der Waals surface area (Å²) in [5.74, 6) is 0.0228. The number of H-pyrrole nitrogens is 2. The number of methoxy groups -OCH3 is 2. The summed E-state index contributed by atoms with van der Waals surface area (Å²) >= 11 is 0. The van der Waals surface area contributed by atoms with Gasteiger partial charge in [0, 0.05) is 41.5 Å². The molecule has 2 aliphatic heterocycles. The van der Waals surface area contributed by atoms with Crippen LogP contribution in [0.4, 0.5) is 0 Å². The summed E-state index contributed by atoms with van der Waals surface area (Å²) in [6.07, 6.45) is 23.9. The summed E-state index contributed by atoms with van der Waals surface area (Å²) < 4.78 is 8.50. The highest BCUT2D eigenvalue weighted by atomic mass is 16.5. The van der Waals surface area contributed by atoms with E-state index in [0.29, 0.717) is 18.4 Å². The zero-order chi connectivity index (χ0) is 54.7. The van der Waals surface area contributed by atoms with Crippen molar-refractivity contribution >= 4 is 18.6 Å². The average molecular weight is 1010 g/mol. The van der Waals surface area contributed by atoms with Gasteiger partial charge in [-0.05, 0) is 128 Å². The van der Waals surface area contributed by atoms with Crippen molar-refractivity contribution in [1.29, 1.82) is 0 Å². The fraction of sp³-hybridized carbons (Fsp3) is 0.550. The largest absolute Gasteiger partial charge is 0.388 e. The van der Waals surface area contributed by atoms with Crippen LogP contribution in [0.1, 0.15) is 137 Å². The quantitative estimate of drug-likeness (QED) is 0.106. The third kappa shape index (κ3) is 24.4. The van der Waals surface area contributed by atoms with Crippen LogP contribution in [0.25, 0.3) is 44.8 Å². The number of imidazole rings is 2. The maximum Gasteiger partial charge on any atom is 0.241 e. The van der Waals surface area contributed by atoms with Gasteiger partial charge < -0.3 is 44.7 Å². The molecule has 1 spiro atoms. The number of fused-ring (bicyclic) bond motifs is 2. The van der Waals surface area contributed by atoms with Crippen LogP contribution < -0.4 is 10.6 Å². The maximum atomic E-state index is 11.1. The second-order valence-corrected chi connectivity index (χ2v) is 17.6. The third-order valence-electron chi connectivity index (χ3n) is 11.7. The molecular weight excluding hydrogens is 913 g/mol. The van der Waals surface area contributed by atoms with E-state index in [1.165, 1.54) is 111 Å². The number of nitrogens with one attached hydrogen (secondary N) is 4. The van der Waals surface area contributed by atoms with Gasteiger partial charge in [-0.25, -0.2) is 9.97 Å². The van der Waals surface area contributed by atoms with Crippen LogP contribution in [0.15, 0.2) is 85.7 Å². The molecule has 13 heteroatoms. The predicted molar refractivity (Wildman–Crippen MR) is 308 cm³/mol. The molecule has 3 fully saturated rings. The summed E-state index contributed by atoms with van der Waals surface area (Å²) in [6.45, 7) is 21.4. The fourth-order valence-electron chi connectivity index (χ4n) is 8.72. The number of likely N-dealkylation sites (N-methyl/N-ethyl adjacent to an activating group) is 1. The second-order valence-electron chi connectivity index (χ2n) is 17.6. The molecule has 4 aliphatic rings. The van der Waals surface area contributed by atoms with E-state index in [1.807, 2.05) is 40.1 Å². The molecular formula is C60H98N8O5. The molecule has 4 N–H and O–H groups in total. The zero-order valence-corrected chi connectivity index (χ0v) is 47.8. The van der Waals surface area contributed by atoms with Gasteiger partial charge >= 0.3 is 0 Å². The van der Waals surface area contributed by atoms with Crippen LogP contribution in [0.5, 0.6) is 0 Å². The molecule has 1 saturated carbocycles. The first-order valence-corrected chi connectivity index (χ1v) is 27.0. The molecule has 5 aromatic rings. The minimum Gasteiger partial charge on any atom is -0.388 e. The zero-order valence-electron chi connectivity index (χ0n) is 47.8. The summed E-state index contributed by atoms with van der Waals surface area (Å²) in [5, 5.41) is 5.00. The molecule has 13 nitrogen and oxygen atoms in total. The standard InChI is InChI=1S/C31H28N4.C7H12N2O2.C5H11N.C3H7NO.2C3H8.2C2H6O.2C2H6/c1-2-15-31(14-1)16-13-27-25(21-3-7-23(8-4-21)28-17-32-19-34-28)11-12-26(30(27)31)22-5-9-24(10-6-22)29-18-33-20-35-29;10-6-8-5-7(11)9-3-1-2-4-9;1-6-4-2-3-5-6;1-4-2-3-5;4*1-3-2;2*1-2/h3-12,17-20H,1-2,13-16H2,(H,32,34)(H,33,35);6H,1-5H2,(H,8,10);2-5H2,1H3;3-4H,2H2,1H3;2*3H2,1-2H3;2*1-2H3;2*1-2H3. The van der Waals surface area contributed by atoms with Gasteiger partial charge in [0.25, 0.3) is 0 Å². The van der Waals surface area contributed by atoms with Gasteiger partial charge in [0.05, 0.1) is 49.5 Å². The topological polar surface area (TPSA) is 158 Å². The first-order valence-electron chi connectivity index (χ1n) is 27.0. The number of benzene rings is 3. The monoisotopic (exact) mass is 1010 g/mol. The van der Waals surface area contributed by atoms with Gasteiger partial charge in [-0.2, -0.15) is 0 Å². The van der Waals surface area contributed by atoms with Crippen molar-refractivity contribution in [3.8, 4) is 44.8 Å². The molecule has 9 rings (SSSR count). The predicted octanol–water partition coefficient (Wildman–Crippen LogP) is 12.4. The first kappa shape index (κ1) is 67.5. The van der Waals surface area contributed by atoms with E-state index < -0.39 is 0 Å². The number of rotatable bonds is 9. The number of amides is 2. The van der Waals surface area contributed by atoms with Crippen molar-refractivity contribution < 1.29 is 23.9 Å². The lowest BCUT2D eigenvalue weighted by Crippen LogP contribution is -2.35. The molecule has 4 heterocycles. The summed E-state index contributed by atoms with van der Waals surface area (Å²) in [5.41, 5.74) is 13.4. The van der Waals surface area contributed by atoms with E-state index in [-0.39, 0.29) is 12.5 Å². The van der Waals surface area contributed by atoms with Crippen LogP contribution in [-0.4, -0.2) is 130 Å². The lowest BCUT2D eigenvalue weighted by Gasteiger charge is -2.28. The molecule has 2 aromatic heterocycles. The van der Waals surface area contributed by atoms with E-state index in [0.717, 1.165) is 43.6 Å². The van der Waals surface area contributed by atoms with Crippen LogP contribution in [-0.2, 0) is 35.7 Å². The number of aromatic nitrogens is 4. The number of likely N-dealkylation sites (tertiary alicyclic amines) is 2. The highest BCUT2D eigenvalue weighted by molar-refractivity contribution is 5.82. The molecule has 2 aliphatic carbocycles. The lowest BCUT2D eigenvalue weighted by atomic mass is 9.76. The van der Waals surface area contributed by atoms with Crippen molar-refractivity contribution in [2.75, 3.05) is 81.8 Å². The number of nitrogens with zero attached hydrogens (tertiary/aromatic N) is 4. The van der Waals surface area contributed by atoms with E-state index in [4.69, 9.17) is 0 Å². The summed E-state index contributed by atoms with van der Waals surface area (Å²) in [4.78, 5) is 49.2. The Morgan fingerprint density at radius 1 is 0.644 bits per heavy atom. The Hall–Kier alpha value is -5.47. The molecule has 0 radical (unpaired) electrons. The number of hydrogen-bond acceptors (Lipinski definition) is 9. The van der Waals surface area contributed by atoms with Gasteiger partial charge in [0.2, 0.25) is 12.3 Å².